The fourth-order valence-corrected chi connectivity index (χ4v) is 2.36. The Morgan fingerprint density at radius 3 is 3.10 bits per heavy atom. The second-order valence-electron chi connectivity index (χ2n) is 3.83. The number of nitrogens with zero attached hydrogens (tertiary/aromatic N) is 2. The highest BCUT2D eigenvalue weighted by atomic mass is 35.5. The molecule has 0 aliphatic heterocycles. The van der Waals surface area contributed by atoms with Gasteiger partial charge in [-0.25, -0.2) is 4.98 Å². The third-order valence-corrected chi connectivity index (χ3v) is 3.58. The lowest BCUT2D eigenvalue weighted by atomic mass is 10.2. The van der Waals surface area contributed by atoms with Crippen LogP contribution in [-0.2, 0) is 16.0 Å². The number of benzene rings is 1. The molecule has 0 unspecified atom stereocenters. The van der Waals surface area contributed by atoms with Gasteiger partial charge in [0, 0.05) is 5.38 Å². The van der Waals surface area contributed by atoms with Crippen LogP contribution in [-0.4, -0.2) is 18.1 Å². The van der Waals surface area contributed by atoms with Crippen molar-refractivity contribution in [3.05, 3.63) is 39.9 Å². The van der Waals surface area contributed by atoms with Gasteiger partial charge in [-0.15, -0.1) is 11.3 Å². The van der Waals surface area contributed by atoms with Gasteiger partial charge in [-0.3, -0.25) is 4.79 Å². The molecule has 0 saturated carbocycles. The zero-order valence-corrected chi connectivity index (χ0v) is 12.1. The average Bonchev–Trinajstić information content (AvgIpc) is 2.88. The van der Waals surface area contributed by atoms with E-state index in [1.54, 1.807) is 23.6 Å². The molecule has 1 heterocycles. The van der Waals surface area contributed by atoms with Gasteiger partial charge in [0.2, 0.25) is 0 Å². The molecule has 20 heavy (non-hydrogen) atoms. The molecule has 0 spiro atoms. The number of ether oxygens (including phenoxy) is 1. The van der Waals surface area contributed by atoms with E-state index in [9.17, 15) is 4.79 Å². The van der Waals surface area contributed by atoms with Gasteiger partial charge < -0.3 is 10.1 Å². The number of nitrogens with one attached hydrogen (secondary N) is 1. The Morgan fingerprint density at radius 1 is 1.60 bits per heavy atom. The molecule has 7 heteroatoms. The number of hydrogen-bond acceptors (Lipinski definition) is 6. The number of halogens is 1. The van der Waals surface area contributed by atoms with E-state index in [2.05, 4.69) is 15.0 Å². The van der Waals surface area contributed by atoms with E-state index in [0.717, 1.165) is 0 Å². The van der Waals surface area contributed by atoms with Crippen molar-refractivity contribution in [2.45, 2.75) is 6.42 Å². The van der Waals surface area contributed by atoms with Crippen LogP contribution < -0.4 is 5.32 Å². The van der Waals surface area contributed by atoms with Crippen LogP contribution in [0.5, 0.6) is 0 Å². The second-order valence-corrected chi connectivity index (χ2v) is 5.09. The van der Waals surface area contributed by atoms with Crippen LogP contribution in [0.15, 0.2) is 23.6 Å². The number of rotatable bonds is 4. The van der Waals surface area contributed by atoms with E-state index in [1.165, 1.54) is 18.4 Å². The predicted molar refractivity (Wildman–Crippen MR) is 77.3 cm³/mol. The van der Waals surface area contributed by atoms with Crippen molar-refractivity contribution in [1.29, 1.82) is 5.26 Å². The summed E-state index contributed by atoms with van der Waals surface area (Å²) in [4.78, 5) is 15.4. The maximum Gasteiger partial charge on any atom is 0.311 e. The van der Waals surface area contributed by atoms with E-state index in [0.29, 0.717) is 27.1 Å². The predicted octanol–water partition coefficient (Wildman–Crippen LogP) is 3.13. The van der Waals surface area contributed by atoms with Gasteiger partial charge in [0.1, 0.15) is 0 Å². The van der Waals surface area contributed by atoms with E-state index < -0.39 is 0 Å². The Hall–Kier alpha value is -2.10. The Balaban J connectivity index is 2.15. The van der Waals surface area contributed by atoms with Crippen LogP contribution >= 0.6 is 22.9 Å². The van der Waals surface area contributed by atoms with E-state index in [-0.39, 0.29) is 12.4 Å². The molecule has 0 fully saturated rings. The number of carbonyl (C=O) groups excluding carboxylic acids is 1. The highest BCUT2D eigenvalue weighted by molar-refractivity contribution is 7.13. The molecule has 0 amide bonds. The van der Waals surface area contributed by atoms with Crippen LogP contribution in [0.25, 0.3) is 0 Å². The zero-order valence-electron chi connectivity index (χ0n) is 10.5. The molecule has 1 aromatic heterocycles. The minimum Gasteiger partial charge on any atom is -0.469 e. The third kappa shape index (κ3) is 3.47. The van der Waals surface area contributed by atoms with Gasteiger partial charge in [0.05, 0.1) is 41.6 Å². The zero-order chi connectivity index (χ0) is 14.5. The quantitative estimate of drug-likeness (QED) is 0.878. The van der Waals surface area contributed by atoms with Gasteiger partial charge in [0.15, 0.2) is 5.13 Å². The van der Waals surface area contributed by atoms with Crippen LogP contribution in [0.1, 0.15) is 11.3 Å². The van der Waals surface area contributed by atoms with Gasteiger partial charge >= 0.3 is 5.97 Å². The molecular formula is C13H10ClN3O2S. The number of esters is 1. The number of aromatic nitrogens is 1. The maximum absolute atomic E-state index is 11.2. The number of thiazole rings is 1. The summed E-state index contributed by atoms with van der Waals surface area (Å²) < 4.78 is 4.58. The lowest BCUT2D eigenvalue weighted by Crippen LogP contribution is -2.04. The summed E-state index contributed by atoms with van der Waals surface area (Å²) in [7, 11) is 1.33. The molecule has 0 aliphatic carbocycles. The smallest absolute Gasteiger partial charge is 0.311 e. The summed E-state index contributed by atoms with van der Waals surface area (Å²) in [5.41, 5.74) is 1.73. The van der Waals surface area contributed by atoms with Gasteiger partial charge in [-0.05, 0) is 18.2 Å². The van der Waals surface area contributed by atoms with Crippen LogP contribution in [0.4, 0.5) is 10.8 Å². The summed E-state index contributed by atoms with van der Waals surface area (Å²) in [5, 5.41) is 14.8. The van der Waals surface area contributed by atoms with Crippen LogP contribution in [0.2, 0.25) is 5.02 Å². The van der Waals surface area contributed by atoms with Gasteiger partial charge in [-0.1, -0.05) is 11.6 Å². The Labute approximate surface area is 124 Å². The first-order valence-electron chi connectivity index (χ1n) is 5.60. The summed E-state index contributed by atoms with van der Waals surface area (Å²) >= 11 is 7.39. The summed E-state index contributed by atoms with van der Waals surface area (Å²) in [5.74, 6) is -0.341. The SMILES string of the molecule is COC(=O)Cc1csc(Nc2cc(C#N)ccc2Cl)n1. The highest BCUT2D eigenvalue weighted by Gasteiger charge is 2.09. The van der Waals surface area contributed by atoms with E-state index >= 15 is 0 Å². The number of anilines is 2. The summed E-state index contributed by atoms with van der Waals surface area (Å²) in [6.45, 7) is 0. The second kappa shape index (κ2) is 6.37. The molecule has 2 aromatic rings. The minimum absolute atomic E-state index is 0.126. The first-order chi connectivity index (χ1) is 9.62. The molecular weight excluding hydrogens is 298 g/mol. The Kier molecular flexibility index (Phi) is 4.56. The maximum atomic E-state index is 11.2. The molecule has 0 aliphatic rings. The summed E-state index contributed by atoms with van der Waals surface area (Å²) in [6, 6.07) is 6.97. The molecule has 0 bridgehead atoms. The average molecular weight is 308 g/mol. The van der Waals surface area contributed by atoms with Gasteiger partial charge in [0.25, 0.3) is 0 Å². The van der Waals surface area contributed by atoms with Crippen molar-refractivity contribution >= 4 is 39.7 Å². The normalized spacial score (nSPS) is 9.85. The first-order valence-corrected chi connectivity index (χ1v) is 6.86. The molecule has 0 saturated heterocycles. The Morgan fingerprint density at radius 2 is 2.40 bits per heavy atom. The standard InChI is InChI=1S/C13H10ClN3O2S/c1-19-12(18)5-9-7-20-13(16-9)17-11-4-8(6-15)2-3-10(11)14/h2-4,7H,5H2,1H3,(H,16,17). The van der Waals surface area contributed by atoms with E-state index in [1.807, 2.05) is 6.07 Å². The van der Waals surface area contributed by atoms with Crippen molar-refractivity contribution in [3.8, 4) is 6.07 Å². The van der Waals surface area contributed by atoms with E-state index in [4.69, 9.17) is 16.9 Å². The highest BCUT2D eigenvalue weighted by Crippen LogP contribution is 2.28. The summed E-state index contributed by atoms with van der Waals surface area (Å²) in [6.07, 6.45) is 0.126. The van der Waals surface area contributed by atoms with Crippen molar-refractivity contribution in [2.24, 2.45) is 0 Å². The molecule has 2 rings (SSSR count). The van der Waals surface area contributed by atoms with Crippen LogP contribution in [0.3, 0.4) is 0 Å². The number of hydrogen-bond donors (Lipinski definition) is 1. The fourth-order valence-electron chi connectivity index (χ4n) is 1.47. The van der Waals surface area contributed by atoms with Crippen molar-refractivity contribution in [1.82, 2.24) is 4.98 Å². The number of carbonyl (C=O) groups is 1. The van der Waals surface area contributed by atoms with Crippen molar-refractivity contribution in [3.63, 3.8) is 0 Å². The molecule has 1 N–H and O–H groups in total. The fraction of sp³-hybridized carbons (Fsp3) is 0.154. The number of nitriles is 1. The molecule has 0 radical (unpaired) electrons. The lowest BCUT2D eigenvalue weighted by Gasteiger charge is -2.05. The molecule has 102 valence electrons. The first kappa shape index (κ1) is 14.3. The third-order valence-electron chi connectivity index (χ3n) is 2.44. The van der Waals surface area contributed by atoms with Crippen LogP contribution in [0, 0.1) is 11.3 Å². The monoisotopic (exact) mass is 307 g/mol. The molecule has 5 nitrogen and oxygen atoms in total. The topological polar surface area (TPSA) is 75.0 Å². The lowest BCUT2D eigenvalue weighted by molar-refractivity contribution is -0.139. The molecule has 0 atom stereocenters. The Bertz CT molecular complexity index is 678. The largest absolute Gasteiger partial charge is 0.469 e. The van der Waals surface area contributed by atoms with Gasteiger partial charge in [-0.2, -0.15) is 5.26 Å². The van der Waals surface area contributed by atoms with Crippen molar-refractivity contribution in [2.75, 3.05) is 12.4 Å². The van der Waals surface area contributed by atoms with Crippen molar-refractivity contribution < 1.29 is 9.53 Å². The molecule has 1 aromatic carbocycles. The minimum atomic E-state index is -0.341. The number of methoxy groups -OCH3 is 1.